The zero-order valence-electron chi connectivity index (χ0n) is 13.9. The van der Waals surface area contributed by atoms with Gasteiger partial charge in [-0.2, -0.15) is 0 Å². The van der Waals surface area contributed by atoms with Crippen molar-refractivity contribution in [1.29, 1.82) is 0 Å². The SMILES string of the molecule is Cc1cccc(C)c1OCCC(=O)Nc1ccc2ccccc2n1. The van der Waals surface area contributed by atoms with Crippen LogP contribution in [0.1, 0.15) is 17.5 Å². The van der Waals surface area contributed by atoms with E-state index in [0.29, 0.717) is 12.4 Å². The average molecular weight is 320 g/mol. The molecule has 0 aliphatic rings. The number of pyridine rings is 1. The molecule has 1 amide bonds. The summed E-state index contributed by atoms with van der Waals surface area (Å²) < 4.78 is 5.76. The molecule has 0 fully saturated rings. The van der Waals surface area contributed by atoms with E-state index >= 15 is 0 Å². The quantitative estimate of drug-likeness (QED) is 0.764. The Bertz CT molecular complexity index is 854. The van der Waals surface area contributed by atoms with E-state index in [1.165, 1.54) is 0 Å². The predicted molar refractivity (Wildman–Crippen MR) is 96.4 cm³/mol. The molecule has 1 aromatic heterocycles. The zero-order valence-corrected chi connectivity index (χ0v) is 13.9. The van der Waals surface area contributed by atoms with Gasteiger partial charge in [0.2, 0.25) is 5.91 Å². The third kappa shape index (κ3) is 3.71. The van der Waals surface area contributed by atoms with Crippen LogP contribution in [0.3, 0.4) is 0 Å². The number of anilines is 1. The lowest BCUT2D eigenvalue weighted by atomic mass is 10.1. The molecule has 1 N–H and O–H groups in total. The second-order valence-corrected chi connectivity index (χ2v) is 5.76. The molecule has 3 rings (SSSR count). The number of aromatic nitrogens is 1. The molecule has 0 saturated carbocycles. The number of rotatable bonds is 5. The minimum absolute atomic E-state index is 0.107. The highest BCUT2D eigenvalue weighted by Crippen LogP contribution is 2.22. The van der Waals surface area contributed by atoms with Gasteiger partial charge in [-0.1, -0.05) is 36.4 Å². The fourth-order valence-electron chi connectivity index (χ4n) is 2.61. The van der Waals surface area contributed by atoms with Gasteiger partial charge in [-0.25, -0.2) is 4.98 Å². The summed E-state index contributed by atoms with van der Waals surface area (Å²) in [7, 11) is 0. The van der Waals surface area contributed by atoms with Gasteiger partial charge in [-0.15, -0.1) is 0 Å². The van der Waals surface area contributed by atoms with Crippen molar-refractivity contribution in [3.63, 3.8) is 0 Å². The highest BCUT2D eigenvalue weighted by atomic mass is 16.5. The summed E-state index contributed by atoms with van der Waals surface area (Å²) in [5.74, 6) is 1.31. The number of fused-ring (bicyclic) bond motifs is 1. The first-order valence-corrected chi connectivity index (χ1v) is 7.98. The first kappa shape index (κ1) is 16.0. The van der Waals surface area contributed by atoms with Crippen molar-refractivity contribution in [2.75, 3.05) is 11.9 Å². The smallest absolute Gasteiger partial charge is 0.228 e. The molecule has 1 heterocycles. The van der Waals surface area contributed by atoms with Crippen LogP contribution >= 0.6 is 0 Å². The van der Waals surface area contributed by atoms with E-state index in [1.807, 2.05) is 68.4 Å². The van der Waals surface area contributed by atoms with Gasteiger partial charge in [0.15, 0.2) is 0 Å². The number of aryl methyl sites for hydroxylation is 2. The van der Waals surface area contributed by atoms with Crippen LogP contribution in [-0.2, 0) is 4.79 Å². The van der Waals surface area contributed by atoms with Gasteiger partial charge in [-0.3, -0.25) is 4.79 Å². The fraction of sp³-hybridized carbons (Fsp3) is 0.200. The molecule has 0 radical (unpaired) electrons. The summed E-state index contributed by atoms with van der Waals surface area (Å²) in [6, 6.07) is 17.6. The summed E-state index contributed by atoms with van der Waals surface area (Å²) in [4.78, 5) is 16.5. The minimum Gasteiger partial charge on any atom is -0.493 e. The minimum atomic E-state index is -0.107. The van der Waals surface area contributed by atoms with Crippen LogP contribution in [0, 0.1) is 13.8 Å². The zero-order chi connectivity index (χ0) is 16.9. The second-order valence-electron chi connectivity index (χ2n) is 5.76. The van der Waals surface area contributed by atoms with Crippen molar-refractivity contribution in [3.8, 4) is 5.75 Å². The van der Waals surface area contributed by atoms with Gasteiger partial charge < -0.3 is 10.1 Å². The van der Waals surface area contributed by atoms with E-state index in [-0.39, 0.29) is 12.3 Å². The maximum atomic E-state index is 12.1. The van der Waals surface area contributed by atoms with Crippen molar-refractivity contribution in [1.82, 2.24) is 4.98 Å². The van der Waals surface area contributed by atoms with Gasteiger partial charge in [0.05, 0.1) is 18.5 Å². The lowest BCUT2D eigenvalue weighted by Crippen LogP contribution is -2.16. The Morgan fingerprint density at radius 1 is 1.00 bits per heavy atom. The molecule has 0 spiro atoms. The maximum Gasteiger partial charge on any atom is 0.228 e. The predicted octanol–water partition coefficient (Wildman–Crippen LogP) is 4.26. The Kier molecular flexibility index (Phi) is 4.75. The number of hydrogen-bond acceptors (Lipinski definition) is 3. The topological polar surface area (TPSA) is 51.2 Å². The third-order valence-corrected chi connectivity index (χ3v) is 3.85. The van der Waals surface area contributed by atoms with Gasteiger partial charge in [0.25, 0.3) is 0 Å². The molecule has 4 nitrogen and oxygen atoms in total. The Labute approximate surface area is 141 Å². The Morgan fingerprint density at radius 3 is 2.54 bits per heavy atom. The van der Waals surface area contributed by atoms with Gasteiger partial charge in [-0.05, 0) is 43.2 Å². The van der Waals surface area contributed by atoms with Crippen LogP contribution in [0.2, 0.25) is 0 Å². The highest BCUT2D eigenvalue weighted by molar-refractivity contribution is 5.91. The molecule has 122 valence electrons. The van der Waals surface area contributed by atoms with E-state index in [2.05, 4.69) is 10.3 Å². The van der Waals surface area contributed by atoms with Gasteiger partial charge in [0, 0.05) is 5.39 Å². The number of amides is 1. The number of ether oxygens (including phenoxy) is 1. The summed E-state index contributed by atoms with van der Waals surface area (Å²) >= 11 is 0. The third-order valence-electron chi connectivity index (χ3n) is 3.85. The fourth-order valence-corrected chi connectivity index (χ4v) is 2.61. The molecule has 0 atom stereocenters. The normalized spacial score (nSPS) is 10.6. The number of carbonyl (C=O) groups excluding carboxylic acids is 1. The summed E-state index contributed by atoms with van der Waals surface area (Å²) in [6.45, 7) is 4.34. The van der Waals surface area contributed by atoms with E-state index in [0.717, 1.165) is 27.8 Å². The molecular formula is C20H20N2O2. The molecule has 0 unspecified atom stereocenters. The highest BCUT2D eigenvalue weighted by Gasteiger charge is 2.07. The van der Waals surface area contributed by atoms with Crippen LogP contribution in [0.5, 0.6) is 5.75 Å². The Balaban J connectivity index is 1.57. The monoisotopic (exact) mass is 320 g/mol. The molecule has 2 aromatic carbocycles. The second kappa shape index (κ2) is 7.13. The molecule has 24 heavy (non-hydrogen) atoms. The largest absolute Gasteiger partial charge is 0.493 e. The lowest BCUT2D eigenvalue weighted by Gasteiger charge is -2.11. The first-order valence-electron chi connectivity index (χ1n) is 7.98. The van der Waals surface area contributed by atoms with Crippen LogP contribution in [0.4, 0.5) is 5.82 Å². The van der Waals surface area contributed by atoms with Crippen LogP contribution in [-0.4, -0.2) is 17.5 Å². The Morgan fingerprint density at radius 2 is 1.75 bits per heavy atom. The number of nitrogens with zero attached hydrogens (tertiary/aromatic N) is 1. The van der Waals surface area contributed by atoms with Crippen LogP contribution in [0.15, 0.2) is 54.6 Å². The van der Waals surface area contributed by atoms with E-state index in [4.69, 9.17) is 4.74 Å². The number of para-hydroxylation sites is 2. The number of carbonyl (C=O) groups is 1. The molecule has 0 aliphatic carbocycles. The molecular weight excluding hydrogens is 300 g/mol. The standard InChI is InChI=1S/C20H20N2O2/c1-14-6-5-7-15(2)20(14)24-13-12-19(23)22-18-11-10-16-8-3-4-9-17(16)21-18/h3-11H,12-13H2,1-2H3,(H,21,22,23). The number of nitrogens with one attached hydrogen (secondary N) is 1. The van der Waals surface area contributed by atoms with E-state index in [9.17, 15) is 4.79 Å². The summed E-state index contributed by atoms with van der Waals surface area (Å²) in [5, 5.41) is 3.87. The molecule has 0 bridgehead atoms. The molecule has 4 heteroatoms. The van der Waals surface area contributed by atoms with Crippen molar-refractivity contribution in [2.24, 2.45) is 0 Å². The van der Waals surface area contributed by atoms with E-state index < -0.39 is 0 Å². The maximum absolute atomic E-state index is 12.1. The summed E-state index contributed by atoms with van der Waals surface area (Å²) in [5.41, 5.74) is 3.01. The van der Waals surface area contributed by atoms with Gasteiger partial charge >= 0.3 is 0 Å². The van der Waals surface area contributed by atoms with Crippen molar-refractivity contribution in [2.45, 2.75) is 20.3 Å². The average Bonchev–Trinajstić information content (AvgIpc) is 2.57. The van der Waals surface area contributed by atoms with Gasteiger partial charge in [0.1, 0.15) is 11.6 Å². The lowest BCUT2D eigenvalue weighted by molar-refractivity contribution is -0.116. The van der Waals surface area contributed by atoms with Crippen molar-refractivity contribution in [3.05, 3.63) is 65.7 Å². The molecule has 0 saturated heterocycles. The molecule has 0 aliphatic heterocycles. The van der Waals surface area contributed by atoms with Crippen LogP contribution in [0.25, 0.3) is 10.9 Å². The summed E-state index contributed by atoms with van der Waals surface area (Å²) in [6.07, 6.45) is 0.280. The number of hydrogen-bond donors (Lipinski definition) is 1. The Hall–Kier alpha value is -2.88. The molecule has 3 aromatic rings. The van der Waals surface area contributed by atoms with Crippen LogP contribution < -0.4 is 10.1 Å². The van der Waals surface area contributed by atoms with E-state index in [1.54, 1.807) is 0 Å². The first-order chi connectivity index (χ1) is 11.6. The number of benzene rings is 2. The van der Waals surface area contributed by atoms with Crippen molar-refractivity contribution >= 4 is 22.6 Å². The van der Waals surface area contributed by atoms with Crippen molar-refractivity contribution < 1.29 is 9.53 Å².